The second-order valence-corrected chi connectivity index (χ2v) is 5.78. The molecule has 0 aromatic carbocycles. The van der Waals surface area contributed by atoms with E-state index in [2.05, 4.69) is 6.58 Å². The lowest BCUT2D eigenvalue weighted by molar-refractivity contribution is -0.120. The van der Waals surface area contributed by atoms with Crippen molar-refractivity contribution in [2.75, 3.05) is 13.2 Å². The monoisotopic (exact) mass is 236 g/mol. The van der Waals surface area contributed by atoms with E-state index in [1.807, 2.05) is 6.92 Å². The van der Waals surface area contributed by atoms with Crippen LogP contribution in [0.4, 0.5) is 0 Å². The Labute approximate surface area is 102 Å². The zero-order chi connectivity index (χ0) is 12.0. The number of rotatable bonds is 5. The van der Waals surface area contributed by atoms with Crippen molar-refractivity contribution in [2.45, 2.75) is 38.4 Å². The van der Waals surface area contributed by atoms with Crippen LogP contribution in [-0.2, 0) is 14.3 Å². The van der Waals surface area contributed by atoms with Gasteiger partial charge in [0, 0.05) is 18.9 Å². The Morgan fingerprint density at radius 1 is 1.59 bits per heavy atom. The average Bonchev–Trinajstić information content (AvgIpc) is 2.86. The number of Topliss-reactive ketones (excluding diaryl/α,β-unsaturated/α-hetero) is 1. The largest absolute Gasteiger partial charge is 0.377 e. The quantitative estimate of drug-likeness (QED) is 0.541. The Bertz CT molecular complexity index is 349. The summed E-state index contributed by atoms with van der Waals surface area (Å²) in [5.74, 6) is 1.71. The Kier molecular flexibility index (Phi) is 2.83. The van der Waals surface area contributed by atoms with E-state index in [4.69, 9.17) is 9.47 Å². The van der Waals surface area contributed by atoms with E-state index in [0.717, 1.165) is 31.4 Å². The normalized spacial score (nSPS) is 42.4. The lowest BCUT2D eigenvalue weighted by atomic mass is 9.78. The molecule has 0 aromatic rings. The summed E-state index contributed by atoms with van der Waals surface area (Å²) in [7, 11) is 0. The van der Waals surface area contributed by atoms with Crippen LogP contribution in [-0.4, -0.2) is 31.2 Å². The van der Waals surface area contributed by atoms with Gasteiger partial charge in [-0.05, 0) is 31.6 Å². The molecule has 17 heavy (non-hydrogen) atoms. The minimum atomic E-state index is 0.234. The fourth-order valence-corrected chi connectivity index (χ4v) is 3.76. The molecule has 3 rings (SSSR count). The number of ketones is 1. The van der Waals surface area contributed by atoms with Gasteiger partial charge in [0.25, 0.3) is 0 Å². The molecule has 2 heterocycles. The molecule has 2 bridgehead atoms. The van der Waals surface area contributed by atoms with E-state index >= 15 is 0 Å². The van der Waals surface area contributed by atoms with Crippen LogP contribution in [0.25, 0.3) is 0 Å². The highest BCUT2D eigenvalue weighted by Crippen LogP contribution is 2.54. The minimum Gasteiger partial charge on any atom is -0.377 e. The first-order valence-electron chi connectivity index (χ1n) is 6.57. The molecule has 5 unspecified atom stereocenters. The lowest BCUT2D eigenvalue weighted by Gasteiger charge is -2.23. The van der Waals surface area contributed by atoms with Crippen molar-refractivity contribution in [2.24, 2.45) is 17.8 Å². The summed E-state index contributed by atoms with van der Waals surface area (Å²) in [6.45, 7) is 7.20. The van der Waals surface area contributed by atoms with Crippen molar-refractivity contribution in [3.8, 4) is 0 Å². The second-order valence-electron chi connectivity index (χ2n) is 5.78. The first-order valence-corrected chi connectivity index (χ1v) is 6.57. The SMILES string of the molecule is C=C(C)COCCC1C2CC3C(=O)CC1C3O2. The highest BCUT2D eigenvalue weighted by atomic mass is 16.5. The van der Waals surface area contributed by atoms with E-state index < -0.39 is 0 Å². The third-order valence-corrected chi connectivity index (χ3v) is 4.46. The molecule has 94 valence electrons. The molecule has 3 aliphatic rings. The van der Waals surface area contributed by atoms with E-state index in [-0.39, 0.29) is 12.0 Å². The molecular weight excluding hydrogens is 216 g/mol. The Balaban J connectivity index is 1.53. The van der Waals surface area contributed by atoms with E-state index in [0.29, 0.717) is 30.3 Å². The van der Waals surface area contributed by atoms with Crippen LogP contribution < -0.4 is 0 Å². The van der Waals surface area contributed by atoms with Crippen LogP contribution in [0.1, 0.15) is 26.2 Å². The molecule has 0 amide bonds. The Hall–Kier alpha value is -0.670. The molecule has 2 aliphatic heterocycles. The molecule has 2 saturated heterocycles. The van der Waals surface area contributed by atoms with Crippen LogP contribution >= 0.6 is 0 Å². The molecule has 5 atom stereocenters. The zero-order valence-electron chi connectivity index (χ0n) is 10.4. The van der Waals surface area contributed by atoms with Gasteiger partial charge in [-0.15, -0.1) is 0 Å². The van der Waals surface area contributed by atoms with Gasteiger partial charge in [-0.1, -0.05) is 12.2 Å². The predicted molar refractivity (Wildman–Crippen MR) is 63.6 cm³/mol. The van der Waals surface area contributed by atoms with Gasteiger partial charge >= 0.3 is 0 Å². The summed E-state index contributed by atoms with van der Waals surface area (Å²) < 4.78 is 11.5. The van der Waals surface area contributed by atoms with Crippen LogP contribution in [0.5, 0.6) is 0 Å². The number of carbonyl (C=O) groups is 1. The summed E-state index contributed by atoms with van der Waals surface area (Å²) >= 11 is 0. The van der Waals surface area contributed by atoms with Crippen molar-refractivity contribution >= 4 is 5.78 Å². The number of ether oxygens (including phenoxy) is 2. The van der Waals surface area contributed by atoms with Gasteiger partial charge in [-0.25, -0.2) is 0 Å². The smallest absolute Gasteiger partial charge is 0.139 e. The highest BCUT2D eigenvalue weighted by molar-refractivity contribution is 5.85. The Morgan fingerprint density at radius 2 is 2.41 bits per heavy atom. The number of carbonyl (C=O) groups excluding carboxylic acids is 1. The maximum atomic E-state index is 11.7. The van der Waals surface area contributed by atoms with Gasteiger partial charge in [0.2, 0.25) is 0 Å². The lowest BCUT2D eigenvalue weighted by Crippen LogP contribution is -2.28. The van der Waals surface area contributed by atoms with Gasteiger partial charge in [0.1, 0.15) is 5.78 Å². The van der Waals surface area contributed by atoms with Gasteiger partial charge in [-0.2, -0.15) is 0 Å². The molecule has 0 N–H and O–H groups in total. The zero-order valence-corrected chi connectivity index (χ0v) is 10.4. The van der Waals surface area contributed by atoms with Gasteiger partial charge in [-0.3, -0.25) is 4.79 Å². The van der Waals surface area contributed by atoms with E-state index in [1.165, 1.54) is 0 Å². The second kappa shape index (κ2) is 4.21. The average molecular weight is 236 g/mol. The maximum Gasteiger partial charge on any atom is 0.139 e. The fourth-order valence-electron chi connectivity index (χ4n) is 3.76. The molecule has 3 nitrogen and oxygen atoms in total. The fraction of sp³-hybridized carbons (Fsp3) is 0.786. The topological polar surface area (TPSA) is 35.5 Å². The molecule has 1 saturated carbocycles. The number of hydrogen-bond donors (Lipinski definition) is 0. The maximum absolute atomic E-state index is 11.7. The van der Waals surface area contributed by atoms with Crippen molar-refractivity contribution in [3.05, 3.63) is 12.2 Å². The van der Waals surface area contributed by atoms with Crippen LogP contribution in [0, 0.1) is 17.8 Å². The standard InChI is InChI=1S/C14H20O3/c1-8(2)7-16-4-3-9-10-5-12(15)11-6-13(9)17-14(10)11/h9-11,13-14H,1,3-7H2,2H3. The molecular formula is C14H20O3. The van der Waals surface area contributed by atoms with E-state index in [1.54, 1.807) is 0 Å². The van der Waals surface area contributed by atoms with Crippen LogP contribution in [0.2, 0.25) is 0 Å². The van der Waals surface area contributed by atoms with Crippen molar-refractivity contribution in [1.29, 1.82) is 0 Å². The summed E-state index contributed by atoms with van der Waals surface area (Å²) in [5, 5.41) is 0. The van der Waals surface area contributed by atoms with E-state index in [9.17, 15) is 4.79 Å². The first-order chi connectivity index (χ1) is 8.16. The molecule has 3 heteroatoms. The van der Waals surface area contributed by atoms with Gasteiger partial charge in [0.15, 0.2) is 0 Å². The summed E-state index contributed by atoms with van der Waals surface area (Å²) in [6.07, 6.45) is 3.31. The summed E-state index contributed by atoms with van der Waals surface area (Å²) in [6, 6.07) is 0. The number of fused-ring (bicyclic) bond motifs is 1. The molecule has 3 fully saturated rings. The van der Waals surface area contributed by atoms with Crippen molar-refractivity contribution in [1.82, 2.24) is 0 Å². The van der Waals surface area contributed by atoms with Crippen molar-refractivity contribution in [3.63, 3.8) is 0 Å². The summed E-state index contributed by atoms with van der Waals surface area (Å²) in [4.78, 5) is 11.7. The minimum absolute atomic E-state index is 0.234. The predicted octanol–water partition coefficient (Wildman–Crippen LogP) is 1.96. The third-order valence-electron chi connectivity index (χ3n) is 4.46. The molecule has 0 spiro atoms. The highest BCUT2D eigenvalue weighted by Gasteiger charge is 2.60. The van der Waals surface area contributed by atoms with Crippen molar-refractivity contribution < 1.29 is 14.3 Å². The van der Waals surface area contributed by atoms with Gasteiger partial charge in [0.05, 0.1) is 18.8 Å². The molecule has 0 radical (unpaired) electrons. The van der Waals surface area contributed by atoms with Crippen LogP contribution in [0.15, 0.2) is 12.2 Å². The molecule has 1 aliphatic carbocycles. The Morgan fingerprint density at radius 3 is 3.18 bits per heavy atom. The van der Waals surface area contributed by atoms with Gasteiger partial charge < -0.3 is 9.47 Å². The molecule has 0 aromatic heterocycles. The third kappa shape index (κ3) is 1.85. The first kappa shape index (κ1) is 11.4. The summed E-state index contributed by atoms with van der Waals surface area (Å²) in [5.41, 5.74) is 1.06. The van der Waals surface area contributed by atoms with Crippen LogP contribution in [0.3, 0.4) is 0 Å². The number of hydrogen-bond acceptors (Lipinski definition) is 3.